The summed E-state index contributed by atoms with van der Waals surface area (Å²) in [6, 6.07) is 38.7. The van der Waals surface area contributed by atoms with E-state index in [1.807, 2.05) is 78.9 Å². The highest BCUT2D eigenvalue weighted by Crippen LogP contribution is 2.42. The molecule has 172 valence electrons. The molecule has 4 aromatic rings. The summed E-state index contributed by atoms with van der Waals surface area (Å²) in [5.41, 5.74) is 7.85. The van der Waals surface area contributed by atoms with Crippen molar-refractivity contribution in [3.63, 3.8) is 0 Å². The van der Waals surface area contributed by atoms with E-state index in [1.165, 1.54) is 0 Å². The van der Waals surface area contributed by atoms with Gasteiger partial charge in [0.05, 0.1) is 5.54 Å². The fraction of sp³-hybridized carbons (Fsp3) is 0.167. The fourth-order valence-electron chi connectivity index (χ4n) is 4.01. The van der Waals surface area contributed by atoms with Gasteiger partial charge in [-0.25, -0.2) is 0 Å². The fourth-order valence-corrected chi connectivity index (χ4v) is 4.01. The second-order valence-electron chi connectivity index (χ2n) is 8.83. The number of para-hydroxylation sites is 1. The van der Waals surface area contributed by atoms with Crippen LogP contribution in [0.4, 0.5) is 0 Å². The third kappa shape index (κ3) is 4.73. The molecule has 0 radical (unpaired) electrons. The maximum atomic E-state index is 11.8. The van der Waals surface area contributed by atoms with Crippen LogP contribution in [0.2, 0.25) is 0 Å². The number of benzene rings is 4. The highest BCUT2D eigenvalue weighted by Gasteiger charge is 2.39. The molecule has 4 nitrogen and oxygen atoms in total. The third-order valence-corrected chi connectivity index (χ3v) is 6.11. The minimum atomic E-state index is -0.876. The lowest BCUT2D eigenvalue weighted by Gasteiger charge is -2.37. The van der Waals surface area contributed by atoms with Crippen LogP contribution in [0.15, 0.2) is 115 Å². The zero-order valence-corrected chi connectivity index (χ0v) is 19.6. The second kappa shape index (κ2) is 9.94. The van der Waals surface area contributed by atoms with E-state index in [1.54, 1.807) is 13.8 Å². The van der Waals surface area contributed by atoms with Gasteiger partial charge in [-0.05, 0) is 19.9 Å². The van der Waals surface area contributed by atoms with E-state index in [2.05, 4.69) is 41.7 Å². The van der Waals surface area contributed by atoms with Gasteiger partial charge < -0.3 is 10.5 Å². The molecule has 34 heavy (non-hydrogen) atoms. The van der Waals surface area contributed by atoms with Gasteiger partial charge in [-0.15, -0.1) is 0 Å². The largest absolute Gasteiger partial charge is 0.473 e. The number of ether oxygens (including phenoxy) is 1. The van der Waals surface area contributed by atoms with Crippen LogP contribution in [0, 0.1) is 0 Å². The smallest absolute Gasteiger partial charge is 0.237 e. The summed E-state index contributed by atoms with van der Waals surface area (Å²) in [6.07, 6.45) is 0. The molecule has 1 amide bonds. The number of nitrogens with one attached hydrogen (secondary N) is 1. The highest BCUT2D eigenvalue weighted by atomic mass is 16.5. The Balaban J connectivity index is 1.87. The summed E-state index contributed by atoms with van der Waals surface area (Å²) < 4.78 is 7.06. The molecule has 0 saturated carbocycles. The molecule has 0 aliphatic carbocycles. The normalized spacial score (nSPS) is 11.7. The Morgan fingerprint density at radius 2 is 1.12 bits per heavy atom. The first-order valence-corrected chi connectivity index (χ1v) is 11.4. The van der Waals surface area contributed by atoms with E-state index >= 15 is 0 Å². The van der Waals surface area contributed by atoms with Gasteiger partial charge in [0.1, 0.15) is 5.75 Å². The Labute approximate surface area is 201 Å². The molecule has 3 N–H and O–H groups in total. The van der Waals surface area contributed by atoms with Crippen molar-refractivity contribution in [3.05, 3.63) is 138 Å². The lowest BCUT2D eigenvalue weighted by molar-refractivity contribution is -0.123. The number of nitrogens with two attached hydrogens (primary N) is 1. The number of rotatable bonds is 9. The quantitative estimate of drug-likeness (QED) is 0.335. The Morgan fingerprint density at radius 1 is 0.706 bits per heavy atom. The Hall–Kier alpha value is -3.89. The van der Waals surface area contributed by atoms with Gasteiger partial charge in [-0.3, -0.25) is 10.1 Å². The molecule has 0 bridgehead atoms. The zero-order valence-electron chi connectivity index (χ0n) is 19.6. The van der Waals surface area contributed by atoms with E-state index in [0.717, 1.165) is 28.0 Å². The number of carbonyl (C=O) groups excluding carboxylic acids is 1. The SMILES string of the molecule is CC(C)(NCc1ccccc1OC(c1ccccc1)(c1ccccc1)c1ccccc1)C(N)=O. The monoisotopic (exact) mass is 450 g/mol. The minimum Gasteiger partial charge on any atom is -0.473 e. The average Bonchev–Trinajstić information content (AvgIpc) is 2.88. The molecule has 0 aliphatic heterocycles. The van der Waals surface area contributed by atoms with Gasteiger partial charge in [-0.1, -0.05) is 109 Å². The van der Waals surface area contributed by atoms with E-state index in [4.69, 9.17) is 10.5 Å². The number of primary amides is 1. The van der Waals surface area contributed by atoms with Crippen LogP contribution < -0.4 is 15.8 Å². The van der Waals surface area contributed by atoms with Crippen molar-refractivity contribution < 1.29 is 9.53 Å². The van der Waals surface area contributed by atoms with Gasteiger partial charge in [0.25, 0.3) is 0 Å². The van der Waals surface area contributed by atoms with Gasteiger partial charge in [0.2, 0.25) is 5.91 Å². The summed E-state index contributed by atoms with van der Waals surface area (Å²) in [4.78, 5) is 11.8. The third-order valence-electron chi connectivity index (χ3n) is 6.11. The molecule has 0 fully saturated rings. The van der Waals surface area contributed by atoms with Gasteiger partial charge in [-0.2, -0.15) is 0 Å². The summed E-state index contributed by atoms with van der Waals surface area (Å²) >= 11 is 0. The first kappa shape index (κ1) is 23.3. The van der Waals surface area contributed by atoms with Crippen molar-refractivity contribution in [2.45, 2.75) is 31.5 Å². The number of hydrogen-bond donors (Lipinski definition) is 2. The molecule has 4 heteroatoms. The topological polar surface area (TPSA) is 64.3 Å². The molecule has 0 heterocycles. The van der Waals surface area contributed by atoms with Crippen LogP contribution in [0.1, 0.15) is 36.1 Å². The molecular formula is C30H30N2O2. The average molecular weight is 451 g/mol. The first-order valence-electron chi connectivity index (χ1n) is 11.4. The van der Waals surface area contributed by atoms with Crippen molar-refractivity contribution >= 4 is 5.91 Å². The standard InChI is InChI=1S/C30H30N2O2/c1-29(2,28(31)33)32-22-23-14-12-13-21-27(23)34-30(24-15-6-3-7-16-24,25-17-8-4-9-18-25)26-19-10-5-11-20-26/h3-21,32H,22H2,1-2H3,(H2,31,33). The maximum Gasteiger partial charge on any atom is 0.237 e. The van der Waals surface area contributed by atoms with Crippen LogP contribution in [0.3, 0.4) is 0 Å². The summed E-state index contributed by atoms with van der Waals surface area (Å²) in [6.45, 7) is 3.99. The van der Waals surface area contributed by atoms with E-state index in [9.17, 15) is 4.79 Å². The summed E-state index contributed by atoms with van der Waals surface area (Å²) in [5.74, 6) is 0.324. The van der Waals surface area contributed by atoms with Crippen molar-refractivity contribution in [3.8, 4) is 5.75 Å². The van der Waals surface area contributed by atoms with Crippen LogP contribution in [-0.2, 0) is 16.9 Å². The zero-order chi connectivity index (χ0) is 24.0. The van der Waals surface area contributed by atoms with Gasteiger partial charge in [0.15, 0.2) is 5.60 Å². The van der Waals surface area contributed by atoms with Gasteiger partial charge in [0, 0.05) is 28.8 Å². The summed E-state index contributed by atoms with van der Waals surface area (Å²) in [7, 11) is 0. The number of amides is 1. The molecule has 0 saturated heterocycles. The molecule has 0 aromatic heterocycles. The van der Waals surface area contributed by atoms with Crippen LogP contribution in [0.25, 0.3) is 0 Å². The van der Waals surface area contributed by atoms with E-state index in [-0.39, 0.29) is 0 Å². The predicted octanol–water partition coefficient (Wildman–Crippen LogP) is 5.41. The molecule has 0 spiro atoms. The Kier molecular flexibility index (Phi) is 6.80. The first-order chi connectivity index (χ1) is 16.4. The molecule has 4 aromatic carbocycles. The molecule has 0 aliphatic rings. The number of hydrogen-bond acceptors (Lipinski definition) is 3. The highest BCUT2D eigenvalue weighted by molar-refractivity contribution is 5.83. The van der Waals surface area contributed by atoms with Crippen molar-refractivity contribution in [1.82, 2.24) is 5.32 Å². The molecular weight excluding hydrogens is 420 g/mol. The van der Waals surface area contributed by atoms with Crippen LogP contribution in [0.5, 0.6) is 5.75 Å². The molecule has 0 atom stereocenters. The summed E-state index contributed by atoms with van der Waals surface area (Å²) in [5, 5.41) is 3.27. The van der Waals surface area contributed by atoms with E-state index < -0.39 is 17.0 Å². The Bertz CT molecular complexity index is 1130. The minimum absolute atomic E-state index is 0.405. The lowest BCUT2D eigenvalue weighted by atomic mass is 9.80. The predicted molar refractivity (Wildman–Crippen MR) is 136 cm³/mol. The van der Waals surface area contributed by atoms with Crippen LogP contribution >= 0.6 is 0 Å². The lowest BCUT2D eigenvalue weighted by Crippen LogP contribution is -2.50. The van der Waals surface area contributed by atoms with Crippen LogP contribution in [-0.4, -0.2) is 11.4 Å². The maximum absolute atomic E-state index is 11.8. The molecule has 4 rings (SSSR count). The number of carbonyl (C=O) groups is 1. The Morgan fingerprint density at radius 3 is 1.56 bits per heavy atom. The molecule has 0 unspecified atom stereocenters. The van der Waals surface area contributed by atoms with Crippen molar-refractivity contribution in [2.75, 3.05) is 0 Å². The second-order valence-corrected chi connectivity index (χ2v) is 8.83. The van der Waals surface area contributed by atoms with Crippen molar-refractivity contribution in [2.24, 2.45) is 5.73 Å². The van der Waals surface area contributed by atoms with E-state index in [0.29, 0.717) is 6.54 Å². The van der Waals surface area contributed by atoms with Crippen molar-refractivity contribution in [1.29, 1.82) is 0 Å². The van der Waals surface area contributed by atoms with Gasteiger partial charge >= 0.3 is 0 Å².